The van der Waals surface area contributed by atoms with Crippen LogP contribution in [0.3, 0.4) is 0 Å². The standard InChI is InChI=1S/C28H37NO6S/c1-20-9-7-5-4-6-8-10-23-16-24(34-26(30)15-20)17-28(33-3,35-23)25-19-36-27(31)29(25)18-21-11-13-22(32-2)14-12-21/h4-5,11-15,23-25H,6-10,16-19H2,1-3H3/b5-4-,20-15-/t23-,24-,25+,28-/m1/s1. The van der Waals surface area contributed by atoms with E-state index in [1.54, 1.807) is 20.3 Å². The lowest BCUT2D eigenvalue weighted by molar-refractivity contribution is -0.305. The Morgan fingerprint density at radius 1 is 1.11 bits per heavy atom. The number of carbonyl (C=O) groups is 2. The van der Waals surface area contributed by atoms with Crippen LogP contribution in [-0.4, -0.2) is 60.1 Å². The van der Waals surface area contributed by atoms with E-state index in [2.05, 4.69) is 12.2 Å². The number of rotatable bonds is 5. The van der Waals surface area contributed by atoms with E-state index in [1.807, 2.05) is 36.1 Å². The van der Waals surface area contributed by atoms with Gasteiger partial charge in [0.25, 0.3) is 5.24 Å². The van der Waals surface area contributed by atoms with E-state index in [1.165, 1.54) is 11.8 Å². The van der Waals surface area contributed by atoms with E-state index in [-0.39, 0.29) is 29.5 Å². The molecule has 2 fully saturated rings. The number of nitrogens with zero attached hydrogens (tertiary/aromatic N) is 1. The normalized spacial score (nSPS) is 32.2. The molecule has 36 heavy (non-hydrogen) atoms. The summed E-state index contributed by atoms with van der Waals surface area (Å²) in [6, 6.07) is 7.42. The molecule has 196 valence electrons. The summed E-state index contributed by atoms with van der Waals surface area (Å²) in [6.45, 7) is 2.41. The summed E-state index contributed by atoms with van der Waals surface area (Å²) in [7, 11) is 3.26. The minimum absolute atomic E-state index is 0.00246. The maximum atomic E-state index is 13.0. The van der Waals surface area contributed by atoms with Gasteiger partial charge in [-0.15, -0.1) is 0 Å². The van der Waals surface area contributed by atoms with E-state index in [0.29, 0.717) is 25.1 Å². The topological polar surface area (TPSA) is 74.3 Å². The fourth-order valence-corrected chi connectivity index (χ4v) is 6.31. The Kier molecular flexibility index (Phi) is 9.14. The third kappa shape index (κ3) is 6.52. The van der Waals surface area contributed by atoms with E-state index >= 15 is 0 Å². The van der Waals surface area contributed by atoms with Gasteiger partial charge in [-0.3, -0.25) is 4.79 Å². The highest BCUT2D eigenvalue weighted by Crippen LogP contribution is 2.43. The summed E-state index contributed by atoms with van der Waals surface area (Å²) in [6.07, 6.45) is 11.1. The molecular formula is C28H37NO6S. The lowest BCUT2D eigenvalue weighted by Crippen LogP contribution is -2.60. The van der Waals surface area contributed by atoms with Crippen LogP contribution in [0.2, 0.25) is 0 Å². The van der Waals surface area contributed by atoms with Crippen LogP contribution in [0, 0.1) is 0 Å². The molecule has 4 atom stereocenters. The summed E-state index contributed by atoms with van der Waals surface area (Å²) < 4.78 is 24.0. The predicted molar refractivity (Wildman–Crippen MR) is 140 cm³/mol. The highest BCUT2D eigenvalue weighted by atomic mass is 32.2. The molecular weight excluding hydrogens is 478 g/mol. The van der Waals surface area contributed by atoms with Gasteiger partial charge in [0.2, 0.25) is 0 Å². The van der Waals surface area contributed by atoms with Gasteiger partial charge in [0, 0.05) is 38.3 Å². The number of carbonyl (C=O) groups excluding carboxylic acids is 2. The smallest absolute Gasteiger partial charge is 0.330 e. The molecule has 1 aromatic carbocycles. The Bertz CT molecular complexity index is 977. The van der Waals surface area contributed by atoms with Gasteiger partial charge in [0.15, 0.2) is 5.79 Å². The fraction of sp³-hybridized carbons (Fsp3) is 0.571. The monoisotopic (exact) mass is 515 g/mol. The molecule has 0 aromatic heterocycles. The van der Waals surface area contributed by atoms with Gasteiger partial charge >= 0.3 is 5.97 Å². The molecule has 1 aromatic rings. The molecule has 0 N–H and O–H groups in total. The zero-order valence-corrected chi connectivity index (χ0v) is 22.3. The molecule has 3 heterocycles. The van der Waals surface area contributed by atoms with E-state index < -0.39 is 5.79 Å². The minimum atomic E-state index is -1.05. The Hall–Kier alpha value is -2.29. The minimum Gasteiger partial charge on any atom is -0.497 e. The molecule has 3 aliphatic rings. The van der Waals surface area contributed by atoms with Crippen LogP contribution in [0.15, 0.2) is 48.1 Å². The van der Waals surface area contributed by atoms with Crippen LogP contribution in [0.25, 0.3) is 0 Å². The second-order valence-electron chi connectivity index (χ2n) is 9.75. The Morgan fingerprint density at radius 3 is 2.64 bits per heavy atom. The second-order valence-corrected chi connectivity index (χ2v) is 10.7. The Morgan fingerprint density at radius 2 is 1.89 bits per heavy atom. The maximum absolute atomic E-state index is 13.0. The first-order valence-corrected chi connectivity index (χ1v) is 13.7. The number of fused-ring (bicyclic) bond motifs is 2. The van der Waals surface area contributed by atoms with Crippen molar-refractivity contribution < 1.29 is 28.5 Å². The van der Waals surface area contributed by atoms with Crippen LogP contribution >= 0.6 is 11.8 Å². The highest BCUT2D eigenvalue weighted by molar-refractivity contribution is 8.13. The largest absolute Gasteiger partial charge is 0.497 e. The average Bonchev–Trinajstić information content (AvgIpc) is 3.23. The molecule has 2 bridgehead atoms. The summed E-state index contributed by atoms with van der Waals surface area (Å²) in [5, 5.41) is -0.00246. The molecule has 2 saturated heterocycles. The molecule has 0 spiro atoms. The fourth-order valence-electron chi connectivity index (χ4n) is 5.22. The van der Waals surface area contributed by atoms with Crippen LogP contribution in [0.1, 0.15) is 57.4 Å². The van der Waals surface area contributed by atoms with E-state index in [9.17, 15) is 9.59 Å². The van der Waals surface area contributed by atoms with Gasteiger partial charge in [0.1, 0.15) is 11.9 Å². The van der Waals surface area contributed by atoms with Crippen LogP contribution in [0.4, 0.5) is 4.79 Å². The number of methoxy groups -OCH3 is 2. The Labute approximate surface area is 218 Å². The highest BCUT2D eigenvalue weighted by Gasteiger charge is 2.54. The van der Waals surface area contributed by atoms with Crippen molar-refractivity contribution in [1.82, 2.24) is 4.90 Å². The summed E-state index contributed by atoms with van der Waals surface area (Å²) >= 11 is 1.28. The zero-order chi connectivity index (χ0) is 25.5. The Balaban J connectivity index is 1.58. The quantitative estimate of drug-likeness (QED) is 0.371. The van der Waals surface area contributed by atoms with E-state index in [0.717, 1.165) is 49.0 Å². The van der Waals surface area contributed by atoms with Gasteiger partial charge in [-0.05, 0) is 56.7 Å². The van der Waals surface area contributed by atoms with Crippen molar-refractivity contribution >= 4 is 23.0 Å². The van der Waals surface area contributed by atoms with Gasteiger partial charge in [-0.25, -0.2) is 4.79 Å². The summed E-state index contributed by atoms with van der Waals surface area (Å²) in [4.78, 5) is 27.5. The number of benzene rings is 1. The van der Waals surface area contributed by atoms with Crippen LogP contribution in [-0.2, 0) is 25.5 Å². The third-order valence-electron chi connectivity index (χ3n) is 7.16. The zero-order valence-electron chi connectivity index (χ0n) is 21.4. The van der Waals surface area contributed by atoms with Crippen molar-refractivity contribution in [2.24, 2.45) is 0 Å². The molecule has 3 aliphatic heterocycles. The molecule has 8 heteroatoms. The first-order valence-electron chi connectivity index (χ1n) is 12.7. The SMILES string of the molecule is COc1ccc(CN2C(=O)SC[C@H]2[C@@]2(OC)C[C@H]3C[C@@H](CCC/C=C\CC/C(C)=C\C(=O)O3)O2)cc1. The first kappa shape index (κ1) is 26.8. The third-order valence-corrected chi connectivity index (χ3v) is 8.12. The molecule has 0 unspecified atom stereocenters. The summed E-state index contributed by atoms with van der Waals surface area (Å²) in [5.41, 5.74) is 2.01. The lowest BCUT2D eigenvalue weighted by Gasteiger charge is -2.48. The van der Waals surface area contributed by atoms with Crippen LogP contribution in [0.5, 0.6) is 5.75 Å². The average molecular weight is 516 g/mol. The molecule has 7 nitrogen and oxygen atoms in total. The van der Waals surface area contributed by atoms with Gasteiger partial charge in [-0.1, -0.05) is 41.6 Å². The molecule has 1 amide bonds. The van der Waals surface area contributed by atoms with Gasteiger partial charge in [-0.2, -0.15) is 0 Å². The van der Waals surface area contributed by atoms with Gasteiger partial charge in [0.05, 0.1) is 19.3 Å². The van der Waals surface area contributed by atoms with Crippen LogP contribution < -0.4 is 4.74 Å². The lowest BCUT2D eigenvalue weighted by atomic mass is 9.90. The predicted octanol–water partition coefficient (Wildman–Crippen LogP) is 5.63. The molecule has 0 aliphatic carbocycles. The second kappa shape index (κ2) is 12.3. The van der Waals surface area contributed by atoms with Crippen molar-refractivity contribution in [2.45, 2.75) is 82.5 Å². The van der Waals surface area contributed by atoms with Crippen molar-refractivity contribution in [1.29, 1.82) is 0 Å². The molecule has 0 radical (unpaired) electrons. The van der Waals surface area contributed by atoms with E-state index in [4.69, 9.17) is 18.9 Å². The molecule has 4 rings (SSSR count). The number of esters is 1. The maximum Gasteiger partial charge on any atom is 0.330 e. The number of hydrogen-bond donors (Lipinski definition) is 0. The number of ether oxygens (including phenoxy) is 4. The number of allylic oxidation sites excluding steroid dienone is 3. The van der Waals surface area contributed by atoms with Crippen molar-refractivity contribution in [3.8, 4) is 5.75 Å². The van der Waals surface area contributed by atoms with Crippen molar-refractivity contribution in [3.63, 3.8) is 0 Å². The van der Waals surface area contributed by atoms with Crippen molar-refractivity contribution in [3.05, 3.63) is 53.6 Å². The number of thioether (sulfide) groups is 1. The van der Waals surface area contributed by atoms with Crippen molar-refractivity contribution in [2.75, 3.05) is 20.0 Å². The molecule has 0 saturated carbocycles. The number of hydrogen-bond acceptors (Lipinski definition) is 7. The summed E-state index contributed by atoms with van der Waals surface area (Å²) in [5.74, 6) is -0.0489. The van der Waals surface area contributed by atoms with Gasteiger partial charge < -0.3 is 23.8 Å². The number of amides is 1. The first-order chi connectivity index (χ1) is 17.4.